The molecule has 4 rings (SSSR count). The van der Waals surface area contributed by atoms with E-state index in [4.69, 9.17) is 19.8 Å². The zero-order valence-corrected chi connectivity index (χ0v) is 22.7. The predicted octanol–water partition coefficient (Wildman–Crippen LogP) is 6.53. The SMILES string of the molecule is N#Cc1ccc(COC[C@@H]2[C@@H](CC=CCCCC(=O)O)[C@@H](OCc3ccc(-c4ccccc4)cc3)C[C@H]2O)cc1. The van der Waals surface area contributed by atoms with Gasteiger partial charge in [0.2, 0.25) is 0 Å². The van der Waals surface area contributed by atoms with Gasteiger partial charge in [-0.05, 0) is 59.6 Å². The lowest BCUT2D eigenvalue weighted by atomic mass is 9.90. The van der Waals surface area contributed by atoms with Gasteiger partial charge in [-0.15, -0.1) is 0 Å². The molecule has 0 aliphatic heterocycles. The first-order chi connectivity index (χ1) is 19.5. The molecule has 1 saturated carbocycles. The molecule has 0 spiro atoms. The Bertz CT molecular complexity index is 1260. The molecule has 0 unspecified atom stereocenters. The second-order valence-corrected chi connectivity index (χ2v) is 10.4. The zero-order chi connectivity index (χ0) is 28.2. The minimum absolute atomic E-state index is 0.0764. The topological polar surface area (TPSA) is 99.8 Å². The maximum atomic E-state index is 11.0. The van der Waals surface area contributed by atoms with Gasteiger partial charge in [0.25, 0.3) is 0 Å². The van der Waals surface area contributed by atoms with Crippen LogP contribution in [0.3, 0.4) is 0 Å². The maximum absolute atomic E-state index is 11.0. The third kappa shape index (κ3) is 8.62. The monoisotopic (exact) mass is 539 g/mol. The fourth-order valence-electron chi connectivity index (χ4n) is 5.26. The van der Waals surface area contributed by atoms with E-state index in [1.807, 2.05) is 36.4 Å². The van der Waals surface area contributed by atoms with Gasteiger partial charge in [-0.1, -0.05) is 78.9 Å². The smallest absolute Gasteiger partial charge is 0.303 e. The molecule has 1 fully saturated rings. The highest BCUT2D eigenvalue weighted by Gasteiger charge is 2.42. The first kappa shape index (κ1) is 29.2. The summed E-state index contributed by atoms with van der Waals surface area (Å²) in [7, 11) is 0. The summed E-state index contributed by atoms with van der Waals surface area (Å²) < 4.78 is 12.4. The van der Waals surface area contributed by atoms with E-state index in [-0.39, 0.29) is 24.4 Å². The zero-order valence-electron chi connectivity index (χ0n) is 22.7. The van der Waals surface area contributed by atoms with E-state index in [9.17, 15) is 9.90 Å². The molecule has 1 aliphatic rings. The summed E-state index contributed by atoms with van der Waals surface area (Å²) in [5.41, 5.74) is 5.00. The number of hydrogen-bond acceptors (Lipinski definition) is 5. The number of allylic oxidation sites excluding steroid dienone is 2. The molecule has 0 saturated heterocycles. The van der Waals surface area contributed by atoms with Gasteiger partial charge < -0.3 is 19.7 Å². The number of aliphatic hydroxyl groups is 1. The standard InChI is InChI=1S/C34H37NO5/c35-21-25-12-14-26(15-13-25)22-39-24-31-30(10-6-1-2-7-11-34(37)38)33(20-32(31)36)40-23-27-16-18-29(19-17-27)28-8-4-3-5-9-28/h1,3-6,8-9,12-19,30-33,36H,2,7,10-11,20,22-24H2,(H,37,38)/t30-,31-,32-,33+/m1/s1. The Labute approximate surface area is 236 Å². The maximum Gasteiger partial charge on any atom is 0.303 e. The normalized spacial score (nSPS) is 20.5. The van der Waals surface area contributed by atoms with E-state index in [1.54, 1.807) is 12.1 Å². The Hall–Kier alpha value is -3.76. The number of hydrogen-bond donors (Lipinski definition) is 2. The van der Waals surface area contributed by atoms with Crippen molar-refractivity contribution >= 4 is 5.97 Å². The van der Waals surface area contributed by atoms with Gasteiger partial charge in [0, 0.05) is 18.8 Å². The van der Waals surface area contributed by atoms with E-state index in [2.05, 4.69) is 48.5 Å². The number of carboxylic acids is 1. The lowest BCUT2D eigenvalue weighted by Crippen LogP contribution is -2.27. The van der Waals surface area contributed by atoms with Crippen molar-refractivity contribution in [2.24, 2.45) is 11.8 Å². The van der Waals surface area contributed by atoms with Crippen LogP contribution in [-0.4, -0.2) is 35.0 Å². The average Bonchev–Trinajstić information content (AvgIpc) is 3.28. The molecule has 1 aliphatic carbocycles. The predicted molar refractivity (Wildman–Crippen MR) is 154 cm³/mol. The van der Waals surface area contributed by atoms with Crippen LogP contribution in [0.1, 0.15) is 48.8 Å². The second kappa shape index (κ2) is 15.1. The highest BCUT2D eigenvalue weighted by Crippen LogP contribution is 2.38. The molecule has 0 radical (unpaired) electrons. The largest absolute Gasteiger partial charge is 0.481 e. The Morgan fingerprint density at radius 2 is 1.57 bits per heavy atom. The van der Waals surface area contributed by atoms with Crippen LogP contribution in [0, 0.1) is 23.2 Å². The number of carboxylic acid groups (broad SMARTS) is 1. The van der Waals surface area contributed by atoms with Gasteiger partial charge in [0.15, 0.2) is 0 Å². The van der Waals surface area contributed by atoms with E-state index in [1.165, 1.54) is 5.56 Å². The number of rotatable bonds is 14. The summed E-state index contributed by atoms with van der Waals surface area (Å²) in [4.78, 5) is 10.8. The van der Waals surface area contributed by atoms with Crippen LogP contribution in [-0.2, 0) is 27.5 Å². The molecular formula is C34H37NO5. The number of aliphatic hydroxyl groups excluding tert-OH is 1. The van der Waals surface area contributed by atoms with Crippen molar-refractivity contribution in [1.82, 2.24) is 0 Å². The molecule has 0 heterocycles. The van der Waals surface area contributed by atoms with Crippen molar-refractivity contribution in [3.8, 4) is 17.2 Å². The molecule has 3 aromatic rings. The third-order valence-electron chi connectivity index (χ3n) is 7.52. The summed E-state index contributed by atoms with van der Waals surface area (Å²) in [5.74, 6) is -0.778. The van der Waals surface area contributed by atoms with Gasteiger partial charge >= 0.3 is 5.97 Å². The number of aliphatic carboxylic acids is 1. The van der Waals surface area contributed by atoms with Crippen molar-refractivity contribution in [3.63, 3.8) is 0 Å². The number of carbonyl (C=O) groups is 1. The molecule has 6 heteroatoms. The molecule has 4 atom stereocenters. The highest BCUT2D eigenvalue weighted by molar-refractivity contribution is 5.66. The van der Waals surface area contributed by atoms with Crippen LogP contribution in [0.15, 0.2) is 91.0 Å². The van der Waals surface area contributed by atoms with Crippen LogP contribution in [0.25, 0.3) is 11.1 Å². The summed E-state index contributed by atoms with van der Waals surface area (Å²) in [6.45, 7) is 1.28. The summed E-state index contributed by atoms with van der Waals surface area (Å²) >= 11 is 0. The van der Waals surface area contributed by atoms with Crippen LogP contribution in [0.2, 0.25) is 0 Å². The molecule has 2 N–H and O–H groups in total. The molecule has 0 bridgehead atoms. The van der Waals surface area contributed by atoms with E-state index in [0.29, 0.717) is 44.6 Å². The number of nitrogens with zero attached hydrogens (tertiary/aromatic N) is 1. The van der Waals surface area contributed by atoms with E-state index in [0.717, 1.165) is 23.1 Å². The fraction of sp³-hybridized carbons (Fsp3) is 0.353. The number of benzene rings is 3. The summed E-state index contributed by atoms with van der Waals surface area (Å²) in [6.07, 6.45) is 6.22. The molecule has 6 nitrogen and oxygen atoms in total. The van der Waals surface area contributed by atoms with Crippen molar-refractivity contribution < 1.29 is 24.5 Å². The van der Waals surface area contributed by atoms with Gasteiger partial charge in [-0.25, -0.2) is 0 Å². The van der Waals surface area contributed by atoms with Crippen molar-refractivity contribution in [1.29, 1.82) is 5.26 Å². The van der Waals surface area contributed by atoms with Gasteiger partial charge in [-0.3, -0.25) is 4.79 Å². The van der Waals surface area contributed by atoms with Crippen LogP contribution in [0.5, 0.6) is 0 Å². The lowest BCUT2D eigenvalue weighted by Gasteiger charge is -2.25. The second-order valence-electron chi connectivity index (χ2n) is 10.4. The Morgan fingerprint density at radius 1 is 0.900 bits per heavy atom. The van der Waals surface area contributed by atoms with Gasteiger partial charge in [0.05, 0.1) is 43.7 Å². The molecule has 0 amide bonds. The number of unbranched alkanes of at least 4 members (excludes halogenated alkanes) is 1. The van der Waals surface area contributed by atoms with Crippen molar-refractivity contribution in [2.75, 3.05) is 6.61 Å². The molecular weight excluding hydrogens is 502 g/mol. The first-order valence-electron chi connectivity index (χ1n) is 13.9. The number of nitriles is 1. The lowest BCUT2D eigenvalue weighted by molar-refractivity contribution is -0.137. The average molecular weight is 540 g/mol. The van der Waals surface area contributed by atoms with Gasteiger partial charge in [0.1, 0.15) is 0 Å². The summed E-state index contributed by atoms with van der Waals surface area (Å²) in [6, 6.07) is 28.1. The Morgan fingerprint density at radius 3 is 2.27 bits per heavy atom. The van der Waals surface area contributed by atoms with Crippen LogP contribution in [0.4, 0.5) is 0 Å². The first-order valence-corrected chi connectivity index (χ1v) is 13.9. The van der Waals surface area contributed by atoms with E-state index >= 15 is 0 Å². The number of ether oxygens (including phenoxy) is 2. The molecule has 40 heavy (non-hydrogen) atoms. The molecule has 208 valence electrons. The van der Waals surface area contributed by atoms with Gasteiger partial charge in [-0.2, -0.15) is 5.26 Å². The van der Waals surface area contributed by atoms with Crippen molar-refractivity contribution in [2.45, 2.75) is 57.5 Å². The molecule has 3 aromatic carbocycles. The van der Waals surface area contributed by atoms with Crippen LogP contribution >= 0.6 is 0 Å². The highest BCUT2D eigenvalue weighted by atomic mass is 16.5. The Balaban J connectivity index is 1.36. The van der Waals surface area contributed by atoms with Crippen molar-refractivity contribution in [3.05, 3.63) is 108 Å². The molecule has 0 aromatic heterocycles. The third-order valence-corrected chi connectivity index (χ3v) is 7.52. The minimum atomic E-state index is -0.781. The van der Waals surface area contributed by atoms with E-state index < -0.39 is 12.1 Å². The minimum Gasteiger partial charge on any atom is -0.481 e. The summed E-state index contributed by atoms with van der Waals surface area (Å²) in [5, 5.41) is 28.8. The van der Waals surface area contributed by atoms with Crippen LogP contribution < -0.4 is 0 Å². The fourth-order valence-corrected chi connectivity index (χ4v) is 5.26. The Kier molecular flexibility index (Phi) is 11.1. The quantitative estimate of drug-likeness (QED) is 0.179.